The van der Waals surface area contributed by atoms with E-state index in [-0.39, 0.29) is 4.90 Å². The summed E-state index contributed by atoms with van der Waals surface area (Å²) in [5.41, 5.74) is 5.91. The van der Waals surface area contributed by atoms with E-state index in [1.54, 1.807) is 12.1 Å². The van der Waals surface area contributed by atoms with Crippen LogP contribution in [0.3, 0.4) is 0 Å². The Morgan fingerprint density at radius 3 is 2.24 bits per heavy atom. The van der Waals surface area contributed by atoms with E-state index in [1.165, 1.54) is 24.3 Å². The highest BCUT2D eigenvalue weighted by Gasteiger charge is 2.14. The summed E-state index contributed by atoms with van der Waals surface area (Å²) in [6, 6.07) is 16.0. The molecule has 0 saturated carbocycles. The van der Waals surface area contributed by atoms with Crippen LogP contribution in [0, 0.1) is 5.92 Å². The summed E-state index contributed by atoms with van der Waals surface area (Å²) >= 11 is 0. The molecule has 4 N–H and O–H groups in total. The predicted molar refractivity (Wildman–Crippen MR) is 115 cm³/mol. The van der Waals surface area contributed by atoms with Gasteiger partial charge in [-0.05, 0) is 65.2 Å². The van der Waals surface area contributed by atoms with Crippen LogP contribution in [0.4, 0.5) is 16.2 Å². The van der Waals surface area contributed by atoms with Crippen molar-refractivity contribution in [2.75, 3.05) is 16.6 Å². The topological polar surface area (TPSA) is 111 Å². The molecular weight excluding hydrogens is 390 g/mol. The number of primary amides is 1. The molecule has 0 bridgehead atoms. The maximum Gasteiger partial charge on any atom is 0.316 e. The molecule has 7 nitrogen and oxygen atoms in total. The van der Waals surface area contributed by atoms with Gasteiger partial charge in [-0.15, -0.1) is 0 Å². The van der Waals surface area contributed by atoms with E-state index in [9.17, 15) is 13.2 Å². The quantitative estimate of drug-likeness (QED) is 0.540. The van der Waals surface area contributed by atoms with Gasteiger partial charge in [-0.3, -0.25) is 4.72 Å². The van der Waals surface area contributed by atoms with Gasteiger partial charge in [0.05, 0.1) is 11.5 Å². The first kappa shape index (κ1) is 20.5. The zero-order chi connectivity index (χ0) is 21.0. The molecule has 3 aromatic carbocycles. The van der Waals surface area contributed by atoms with Crippen molar-refractivity contribution in [3.8, 4) is 5.75 Å². The summed E-state index contributed by atoms with van der Waals surface area (Å²) in [6.45, 7) is 4.81. The maximum atomic E-state index is 12.6. The number of carbonyl (C=O) groups is 1. The minimum Gasteiger partial charge on any atom is -0.493 e. The number of nitrogens with one attached hydrogen (secondary N) is 2. The molecule has 0 spiro atoms. The number of hydrogen-bond donors (Lipinski definition) is 3. The molecule has 0 aliphatic rings. The van der Waals surface area contributed by atoms with Crippen molar-refractivity contribution < 1.29 is 17.9 Å². The molecule has 0 radical (unpaired) electrons. The molecule has 152 valence electrons. The smallest absolute Gasteiger partial charge is 0.316 e. The Morgan fingerprint density at radius 1 is 0.966 bits per heavy atom. The van der Waals surface area contributed by atoms with Crippen LogP contribution in [0.25, 0.3) is 10.8 Å². The van der Waals surface area contributed by atoms with Crippen molar-refractivity contribution in [2.24, 2.45) is 11.7 Å². The van der Waals surface area contributed by atoms with E-state index < -0.39 is 16.1 Å². The first-order valence-electron chi connectivity index (χ1n) is 9.09. The molecule has 0 aromatic heterocycles. The Bertz CT molecular complexity index is 1130. The average Bonchev–Trinajstić information content (AvgIpc) is 2.66. The number of fused-ring (bicyclic) bond motifs is 1. The second-order valence-corrected chi connectivity index (χ2v) is 8.73. The Morgan fingerprint density at radius 2 is 1.59 bits per heavy atom. The largest absolute Gasteiger partial charge is 0.493 e. The van der Waals surface area contributed by atoms with Gasteiger partial charge in [-0.2, -0.15) is 0 Å². The van der Waals surface area contributed by atoms with Gasteiger partial charge in [-0.25, -0.2) is 13.2 Å². The molecule has 0 atom stereocenters. The molecule has 0 unspecified atom stereocenters. The predicted octanol–water partition coefficient (Wildman–Crippen LogP) is 4.17. The molecule has 0 aliphatic carbocycles. The molecular formula is C21H23N3O4S. The van der Waals surface area contributed by atoms with Gasteiger partial charge in [-0.1, -0.05) is 26.0 Å². The Kier molecular flexibility index (Phi) is 5.93. The van der Waals surface area contributed by atoms with Crippen molar-refractivity contribution in [1.29, 1.82) is 0 Å². The molecule has 0 aliphatic heterocycles. The van der Waals surface area contributed by atoms with Gasteiger partial charge >= 0.3 is 6.03 Å². The Balaban J connectivity index is 1.77. The number of hydrogen-bond acceptors (Lipinski definition) is 4. The lowest BCUT2D eigenvalue weighted by Crippen LogP contribution is -2.19. The highest BCUT2D eigenvalue weighted by molar-refractivity contribution is 7.92. The lowest BCUT2D eigenvalue weighted by Gasteiger charge is -2.11. The SMILES string of the molecule is CC(C)COc1ccc2cc(NS(=O)(=O)c3ccc(NC(N)=O)cc3)ccc2c1. The molecule has 2 amide bonds. The molecule has 0 heterocycles. The van der Waals surface area contributed by atoms with Crippen LogP contribution in [0.15, 0.2) is 65.6 Å². The van der Waals surface area contributed by atoms with Gasteiger partial charge in [0.15, 0.2) is 0 Å². The molecule has 0 saturated heterocycles. The van der Waals surface area contributed by atoms with Crippen LogP contribution in [-0.4, -0.2) is 21.1 Å². The number of benzene rings is 3. The molecule has 0 fully saturated rings. The van der Waals surface area contributed by atoms with E-state index >= 15 is 0 Å². The molecule has 29 heavy (non-hydrogen) atoms. The number of nitrogens with two attached hydrogens (primary N) is 1. The van der Waals surface area contributed by atoms with E-state index in [0.717, 1.165) is 16.5 Å². The fourth-order valence-corrected chi connectivity index (χ4v) is 3.76. The molecule has 8 heteroatoms. The lowest BCUT2D eigenvalue weighted by molar-refractivity contribution is 0.259. The van der Waals surface area contributed by atoms with E-state index in [1.807, 2.05) is 24.3 Å². The monoisotopic (exact) mass is 413 g/mol. The van der Waals surface area contributed by atoms with Crippen molar-refractivity contribution in [2.45, 2.75) is 18.7 Å². The first-order chi connectivity index (χ1) is 13.7. The molecule has 3 aromatic rings. The van der Waals surface area contributed by atoms with Crippen LogP contribution >= 0.6 is 0 Å². The highest BCUT2D eigenvalue weighted by atomic mass is 32.2. The summed E-state index contributed by atoms with van der Waals surface area (Å²) in [5.74, 6) is 1.22. The van der Waals surface area contributed by atoms with Gasteiger partial charge in [0.1, 0.15) is 5.75 Å². The van der Waals surface area contributed by atoms with Crippen LogP contribution in [0.2, 0.25) is 0 Å². The summed E-state index contributed by atoms with van der Waals surface area (Å²) < 4.78 is 33.6. The fourth-order valence-electron chi connectivity index (χ4n) is 2.71. The number of anilines is 2. The van der Waals surface area contributed by atoms with Crippen LogP contribution in [-0.2, 0) is 10.0 Å². The number of ether oxygens (including phenoxy) is 1. The zero-order valence-corrected chi connectivity index (χ0v) is 17.0. The summed E-state index contributed by atoms with van der Waals surface area (Å²) in [7, 11) is -3.77. The van der Waals surface area contributed by atoms with Gasteiger partial charge in [0, 0.05) is 11.4 Å². The lowest BCUT2D eigenvalue weighted by atomic mass is 10.1. The second kappa shape index (κ2) is 8.40. The second-order valence-electron chi connectivity index (χ2n) is 7.05. The van der Waals surface area contributed by atoms with Gasteiger partial charge in [0.25, 0.3) is 10.0 Å². The minimum atomic E-state index is -3.77. The fraction of sp³-hybridized carbons (Fsp3) is 0.190. The van der Waals surface area contributed by atoms with E-state index in [4.69, 9.17) is 10.5 Å². The Labute approximate surface area is 169 Å². The van der Waals surface area contributed by atoms with Crippen molar-refractivity contribution in [3.63, 3.8) is 0 Å². The normalized spacial score (nSPS) is 11.4. The zero-order valence-electron chi connectivity index (χ0n) is 16.2. The average molecular weight is 413 g/mol. The third-order valence-corrected chi connectivity index (χ3v) is 5.48. The summed E-state index contributed by atoms with van der Waals surface area (Å²) in [6.07, 6.45) is 0. The summed E-state index contributed by atoms with van der Waals surface area (Å²) in [4.78, 5) is 10.9. The number of urea groups is 1. The van der Waals surface area contributed by atoms with Crippen molar-refractivity contribution in [3.05, 3.63) is 60.7 Å². The van der Waals surface area contributed by atoms with Crippen LogP contribution in [0.1, 0.15) is 13.8 Å². The van der Waals surface area contributed by atoms with E-state index in [2.05, 4.69) is 23.9 Å². The number of carbonyl (C=O) groups excluding carboxylic acids is 1. The van der Waals surface area contributed by atoms with Gasteiger partial charge in [0.2, 0.25) is 0 Å². The highest BCUT2D eigenvalue weighted by Crippen LogP contribution is 2.26. The molecule has 3 rings (SSSR count). The van der Waals surface area contributed by atoms with E-state index in [0.29, 0.717) is 23.9 Å². The van der Waals surface area contributed by atoms with Crippen LogP contribution < -0.4 is 20.5 Å². The van der Waals surface area contributed by atoms with Gasteiger partial charge < -0.3 is 15.8 Å². The third kappa shape index (κ3) is 5.39. The third-order valence-electron chi connectivity index (χ3n) is 4.08. The first-order valence-corrected chi connectivity index (χ1v) is 10.6. The standard InChI is InChI=1S/C21H23N3O4S/c1-14(2)13-28-19-8-4-15-11-18(5-3-16(15)12-19)24-29(26,27)20-9-6-17(7-10-20)23-21(22)25/h3-12,14,24H,13H2,1-2H3,(H3,22,23,25). The minimum absolute atomic E-state index is 0.0741. The number of sulfonamides is 1. The number of amides is 2. The number of rotatable bonds is 7. The Hall–Kier alpha value is -3.26. The van der Waals surface area contributed by atoms with Crippen LogP contribution in [0.5, 0.6) is 5.75 Å². The summed E-state index contributed by atoms with van der Waals surface area (Å²) in [5, 5.41) is 4.23. The maximum absolute atomic E-state index is 12.6. The van der Waals surface area contributed by atoms with Crippen molar-refractivity contribution in [1.82, 2.24) is 0 Å². The van der Waals surface area contributed by atoms with Crippen molar-refractivity contribution >= 4 is 38.2 Å².